The molecule has 34 heavy (non-hydrogen) atoms. The van der Waals surface area contributed by atoms with E-state index in [1.165, 1.54) is 12.1 Å². The van der Waals surface area contributed by atoms with E-state index >= 15 is 0 Å². The summed E-state index contributed by atoms with van der Waals surface area (Å²) in [5.41, 5.74) is -1.53. The molecule has 0 aromatic heterocycles. The first-order valence-electron chi connectivity index (χ1n) is 11.5. The normalized spacial score (nSPS) is 15.9. The van der Waals surface area contributed by atoms with Crippen LogP contribution in [0, 0.1) is 11.7 Å². The first-order valence-corrected chi connectivity index (χ1v) is 11.5. The van der Waals surface area contributed by atoms with E-state index in [2.05, 4.69) is 19.2 Å². The van der Waals surface area contributed by atoms with Crippen molar-refractivity contribution >= 4 is 11.7 Å². The van der Waals surface area contributed by atoms with Crippen LogP contribution >= 0.6 is 0 Å². The fourth-order valence-corrected chi connectivity index (χ4v) is 4.21. The highest BCUT2D eigenvalue weighted by Crippen LogP contribution is 2.35. The molecule has 0 bridgehead atoms. The summed E-state index contributed by atoms with van der Waals surface area (Å²) >= 11 is 0. The molecular weight excluding hydrogens is 452 g/mol. The molecule has 0 radical (unpaired) electrons. The molecule has 0 atom stereocenters. The van der Waals surface area contributed by atoms with Gasteiger partial charge in [0.2, 0.25) is 0 Å². The highest BCUT2D eigenvalue weighted by atomic mass is 19.4. The smallest absolute Gasteiger partial charge is 0.416 e. The number of urea groups is 1. The fraction of sp³-hybridized carbons (Fsp3) is 0.480. The maximum atomic E-state index is 13.6. The number of hydrogen-bond acceptors (Lipinski definition) is 3. The topological polar surface area (TPSA) is 61.8 Å². The van der Waals surface area contributed by atoms with Crippen molar-refractivity contribution in [3.8, 4) is 11.5 Å². The van der Waals surface area contributed by atoms with Crippen LogP contribution < -0.4 is 10.1 Å². The van der Waals surface area contributed by atoms with Crippen molar-refractivity contribution < 1.29 is 32.2 Å². The Hall–Kier alpha value is -2.81. The van der Waals surface area contributed by atoms with Gasteiger partial charge >= 0.3 is 12.2 Å². The van der Waals surface area contributed by atoms with Crippen LogP contribution in [0.1, 0.15) is 51.5 Å². The van der Waals surface area contributed by atoms with E-state index < -0.39 is 23.2 Å². The Morgan fingerprint density at radius 1 is 1.12 bits per heavy atom. The monoisotopic (exact) mass is 482 g/mol. The molecule has 3 rings (SSSR count). The van der Waals surface area contributed by atoms with Gasteiger partial charge in [0.05, 0.1) is 11.2 Å². The fourth-order valence-electron chi connectivity index (χ4n) is 4.21. The molecule has 2 amide bonds. The lowest BCUT2D eigenvalue weighted by Gasteiger charge is -2.39. The number of anilines is 1. The molecular formula is C25H30F4N2O3. The molecule has 5 nitrogen and oxygen atoms in total. The van der Waals surface area contributed by atoms with E-state index in [0.29, 0.717) is 49.7 Å². The van der Waals surface area contributed by atoms with E-state index in [4.69, 9.17) is 4.74 Å². The second-order valence-electron chi connectivity index (χ2n) is 8.83. The summed E-state index contributed by atoms with van der Waals surface area (Å²) < 4.78 is 57.8. The zero-order valence-electron chi connectivity index (χ0n) is 19.3. The van der Waals surface area contributed by atoms with Crippen molar-refractivity contribution in [2.45, 2.75) is 57.7 Å². The van der Waals surface area contributed by atoms with Crippen LogP contribution in [0.15, 0.2) is 42.5 Å². The summed E-state index contributed by atoms with van der Waals surface area (Å²) in [6.45, 7) is 5.06. The summed E-state index contributed by atoms with van der Waals surface area (Å²) in [7, 11) is 0. The number of rotatable bonds is 7. The van der Waals surface area contributed by atoms with Crippen LogP contribution in [0.5, 0.6) is 11.5 Å². The van der Waals surface area contributed by atoms with Crippen LogP contribution in [0.4, 0.5) is 28.0 Å². The minimum atomic E-state index is -4.70. The molecule has 9 heteroatoms. The van der Waals surface area contributed by atoms with Gasteiger partial charge in [0.25, 0.3) is 0 Å². The second-order valence-corrected chi connectivity index (χ2v) is 8.83. The van der Waals surface area contributed by atoms with Gasteiger partial charge in [0, 0.05) is 30.9 Å². The van der Waals surface area contributed by atoms with Crippen LogP contribution in [0.3, 0.4) is 0 Å². The number of carbonyl (C=O) groups is 1. The first kappa shape index (κ1) is 25.8. The van der Waals surface area contributed by atoms with Gasteiger partial charge in [0.15, 0.2) is 0 Å². The number of likely N-dealkylation sites (tertiary alicyclic amines) is 1. The Labute approximate surface area is 196 Å². The van der Waals surface area contributed by atoms with Crippen LogP contribution in [-0.4, -0.2) is 34.7 Å². The van der Waals surface area contributed by atoms with Gasteiger partial charge in [-0.3, -0.25) is 0 Å². The van der Waals surface area contributed by atoms with Gasteiger partial charge in [-0.05, 0) is 49.4 Å². The van der Waals surface area contributed by atoms with E-state index in [-0.39, 0.29) is 17.5 Å². The number of alkyl halides is 3. The molecule has 2 aromatic rings. The number of hydrogen-bond donors (Lipinski definition) is 2. The summed E-state index contributed by atoms with van der Waals surface area (Å²) in [4.78, 5) is 14.3. The number of nitrogens with one attached hydrogen (secondary N) is 1. The standard InChI is InChI=1S/C25H30F4N2O3/c1-3-17(4-2)16-24(33)8-10-31(11-9-24)23(32)30-20-6-5-7-21(15-20)34-22-13-18(25(27,28)29)12-19(26)14-22/h5-7,12-15,17,33H,3-4,8-11,16H2,1-2H3,(H,30,32). The van der Waals surface area contributed by atoms with E-state index in [1.54, 1.807) is 17.0 Å². The quantitative estimate of drug-likeness (QED) is 0.426. The average Bonchev–Trinajstić information content (AvgIpc) is 2.77. The number of amides is 2. The Kier molecular flexibility index (Phi) is 8.07. The lowest BCUT2D eigenvalue weighted by Crippen LogP contribution is -2.48. The largest absolute Gasteiger partial charge is 0.457 e. The molecule has 1 heterocycles. The van der Waals surface area contributed by atoms with E-state index in [9.17, 15) is 27.5 Å². The van der Waals surface area contributed by atoms with Crippen LogP contribution in [0.2, 0.25) is 0 Å². The van der Waals surface area contributed by atoms with Gasteiger partial charge in [-0.25, -0.2) is 9.18 Å². The minimum absolute atomic E-state index is 0.148. The summed E-state index contributed by atoms with van der Waals surface area (Å²) in [5.74, 6) is -0.764. The van der Waals surface area contributed by atoms with Gasteiger partial charge in [-0.1, -0.05) is 32.8 Å². The molecule has 0 unspecified atom stereocenters. The third-order valence-electron chi connectivity index (χ3n) is 6.32. The average molecular weight is 483 g/mol. The Balaban J connectivity index is 1.61. The maximum Gasteiger partial charge on any atom is 0.416 e. The molecule has 1 aliphatic heterocycles. The van der Waals surface area contributed by atoms with E-state index in [0.717, 1.165) is 25.3 Å². The lowest BCUT2D eigenvalue weighted by molar-refractivity contribution is -0.137. The van der Waals surface area contributed by atoms with Gasteiger partial charge in [-0.2, -0.15) is 13.2 Å². The number of benzene rings is 2. The molecule has 2 aromatic carbocycles. The molecule has 2 N–H and O–H groups in total. The molecule has 1 aliphatic rings. The molecule has 0 spiro atoms. The van der Waals surface area contributed by atoms with Crippen molar-refractivity contribution in [2.75, 3.05) is 18.4 Å². The van der Waals surface area contributed by atoms with Gasteiger partial charge in [-0.15, -0.1) is 0 Å². The maximum absolute atomic E-state index is 13.6. The van der Waals surface area contributed by atoms with Crippen molar-refractivity contribution in [1.29, 1.82) is 0 Å². The van der Waals surface area contributed by atoms with E-state index in [1.807, 2.05) is 0 Å². The Morgan fingerprint density at radius 2 is 1.79 bits per heavy atom. The van der Waals surface area contributed by atoms with Crippen LogP contribution in [0.25, 0.3) is 0 Å². The zero-order valence-corrected chi connectivity index (χ0v) is 19.3. The summed E-state index contributed by atoms with van der Waals surface area (Å²) in [6.07, 6.45) is -0.957. The number of nitrogens with zero attached hydrogens (tertiary/aromatic N) is 1. The Bertz CT molecular complexity index is 984. The summed E-state index contributed by atoms with van der Waals surface area (Å²) in [6, 6.07) is 7.75. The third kappa shape index (κ3) is 6.85. The predicted molar refractivity (Wildman–Crippen MR) is 121 cm³/mol. The van der Waals surface area contributed by atoms with Crippen molar-refractivity contribution in [2.24, 2.45) is 5.92 Å². The number of ether oxygens (including phenoxy) is 1. The Morgan fingerprint density at radius 3 is 2.41 bits per heavy atom. The molecule has 186 valence electrons. The van der Waals surface area contributed by atoms with Gasteiger partial charge < -0.3 is 20.1 Å². The van der Waals surface area contributed by atoms with Crippen molar-refractivity contribution in [3.05, 3.63) is 53.8 Å². The first-order chi connectivity index (χ1) is 16.0. The predicted octanol–water partition coefficient (Wildman–Crippen LogP) is 6.82. The minimum Gasteiger partial charge on any atom is -0.457 e. The molecule has 1 saturated heterocycles. The number of halogens is 4. The number of aliphatic hydroxyl groups is 1. The van der Waals surface area contributed by atoms with Crippen molar-refractivity contribution in [3.63, 3.8) is 0 Å². The third-order valence-corrected chi connectivity index (χ3v) is 6.32. The van der Waals surface area contributed by atoms with Crippen LogP contribution in [-0.2, 0) is 6.18 Å². The highest BCUT2D eigenvalue weighted by molar-refractivity contribution is 5.89. The molecule has 0 aliphatic carbocycles. The van der Waals surface area contributed by atoms with Gasteiger partial charge in [0.1, 0.15) is 17.3 Å². The van der Waals surface area contributed by atoms with Crippen molar-refractivity contribution in [1.82, 2.24) is 4.90 Å². The molecule has 0 saturated carbocycles. The highest BCUT2D eigenvalue weighted by Gasteiger charge is 2.35. The zero-order chi connectivity index (χ0) is 24.9. The summed E-state index contributed by atoms with van der Waals surface area (Å²) in [5, 5.41) is 13.6. The second kappa shape index (κ2) is 10.6. The SMILES string of the molecule is CCC(CC)CC1(O)CCN(C(=O)Nc2cccc(Oc3cc(F)cc(C(F)(F)F)c3)c2)CC1. The number of piperidine rings is 1. The number of carbonyl (C=O) groups excluding carboxylic acids is 1. The molecule has 1 fully saturated rings. The lowest BCUT2D eigenvalue weighted by atomic mass is 9.81.